The first-order chi connectivity index (χ1) is 5.69. The lowest BCUT2D eigenvalue weighted by Crippen LogP contribution is -2.07. The third-order valence-corrected chi connectivity index (χ3v) is 1.72. The normalized spacial score (nSPS) is 12.1. The summed E-state index contributed by atoms with van der Waals surface area (Å²) in [5.74, 6) is 0. The lowest BCUT2D eigenvalue weighted by Gasteiger charge is -2.00. The van der Waals surface area contributed by atoms with Gasteiger partial charge in [-0.2, -0.15) is 5.10 Å². The molecule has 1 N–H and O–H groups in total. The maximum Gasteiger partial charge on any atom is 0.102 e. The molecule has 66 valence electrons. The summed E-state index contributed by atoms with van der Waals surface area (Å²) in [4.78, 5) is 0. The van der Waals surface area contributed by atoms with Crippen LogP contribution in [0.2, 0.25) is 0 Å². The standard InChI is InChI=1S/C8H13N3O/c1-4-11-8(7(3)10-12)5-6(2)9-11/h5,12H,4H2,1-3H3/b10-7-. The van der Waals surface area contributed by atoms with Gasteiger partial charge in [-0.05, 0) is 26.8 Å². The number of rotatable bonds is 2. The topological polar surface area (TPSA) is 50.4 Å². The molecule has 1 rings (SSSR count). The Hall–Kier alpha value is -1.32. The molecular weight excluding hydrogens is 154 g/mol. The van der Waals surface area contributed by atoms with Gasteiger partial charge in [-0.15, -0.1) is 0 Å². The summed E-state index contributed by atoms with van der Waals surface area (Å²) >= 11 is 0. The fourth-order valence-electron chi connectivity index (χ4n) is 1.13. The Labute approximate surface area is 71.5 Å². The second-order valence-electron chi connectivity index (χ2n) is 2.67. The fourth-order valence-corrected chi connectivity index (χ4v) is 1.13. The third kappa shape index (κ3) is 1.47. The highest BCUT2D eigenvalue weighted by molar-refractivity contribution is 5.96. The molecule has 0 bridgehead atoms. The highest BCUT2D eigenvalue weighted by Gasteiger charge is 2.06. The lowest BCUT2D eigenvalue weighted by atomic mass is 10.3. The summed E-state index contributed by atoms with van der Waals surface area (Å²) < 4.78 is 1.81. The number of aryl methyl sites for hydroxylation is 2. The van der Waals surface area contributed by atoms with Crippen molar-refractivity contribution in [3.8, 4) is 0 Å². The van der Waals surface area contributed by atoms with Crippen LogP contribution in [0.25, 0.3) is 0 Å². The van der Waals surface area contributed by atoms with E-state index in [0.29, 0.717) is 5.71 Å². The molecular formula is C8H13N3O. The minimum Gasteiger partial charge on any atom is -0.411 e. The number of hydrogen-bond acceptors (Lipinski definition) is 3. The van der Waals surface area contributed by atoms with Crippen LogP contribution < -0.4 is 0 Å². The van der Waals surface area contributed by atoms with Gasteiger partial charge in [0.25, 0.3) is 0 Å². The van der Waals surface area contributed by atoms with Gasteiger partial charge in [-0.1, -0.05) is 5.16 Å². The monoisotopic (exact) mass is 167 g/mol. The Morgan fingerprint density at radius 2 is 2.42 bits per heavy atom. The van der Waals surface area contributed by atoms with Crippen LogP contribution in [-0.4, -0.2) is 20.7 Å². The van der Waals surface area contributed by atoms with Crippen molar-refractivity contribution in [3.05, 3.63) is 17.5 Å². The van der Waals surface area contributed by atoms with Crippen molar-refractivity contribution >= 4 is 5.71 Å². The molecule has 0 unspecified atom stereocenters. The Morgan fingerprint density at radius 3 is 2.92 bits per heavy atom. The first-order valence-electron chi connectivity index (χ1n) is 3.92. The van der Waals surface area contributed by atoms with Crippen LogP contribution in [0.5, 0.6) is 0 Å². The summed E-state index contributed by atoms with van der Waals surface area (Å²) in [5, 5.41) is 15.9. The van der Waals surface area contributed by atoms with E-state index in [9.17, 15) is 0 Å². The molecule has 0 radical (unpaired) electrons. The second kappa shape index (κ2) is 3.38. The maximum atomic E-state index is 8.56. The fraction of sp³-hybridized carbons (Fsp3) is 0.500. The molecule has 0 spiro atoms. The molecule has 0 aromatic carbocycles. The first-order valence-corrected chi connectivity index (χ1v) is 3.92. The Bertz CT molecular complexity index is 301. The molecule has 4 heteroatoms. The summed E-state index contributed by atoms with van der Waals surface area (Å²) in [5.41, 5.74) is 2.41. The van der Waals surface area contributed by atoms with Gasteiger partial charge >= 0.3 is 0 Å². The second-order valence-corrected chi connectivity index (χ2v) is 2.67. The summed E-state index contributed by atoms with van der Waals surface area (Å²) in [7, 11) is 0. The quantitative estimate of drug-likeness (QED) is 0.411. The molecule has 0 fully saturated rings. The maximum absolute atomic E-state index is 8.56. The van der Waals surface area contributed by atoms with E-state index in [-0.39, 0.29) is 0 Å². The van der Waals surface area contributed by atoms with Crippen molar-refractivity contribution in [2.45, 2.75) is 27.3 Å². The molecule has 1 heterocycles. The summed E-state index contributed by atoms with van der Waals surface area (Å²) in [6, 6.07) is 1.90. The minimum absolute atomic E-state index is 0.595. The average molecular weight is 167 g/mol. The number of oxime groups is 1. The van der Waals surface area contributed by atoms with Gasteiger partial charge < -0.3 is 5.21 Å². The highest BCUT2D eigenvalue weighted by Crippen LogP contribution is 2.04. The van der Waals surface area contributed by atoms with Crippen LogP contribution >= 0.6 is 0 Å². The highest BCUT2D eigenvalue weighted by atomic mass is 16.4. The van der Waals surface area contributed by atoms with E-state index in [1.165, 1.54) is 0 Å². The zero-order chi connectivity index (χ0) is 9.14. The predicted octanol–water partition coefficient (Wildman–Crippen LogP) is 1.41. The molecule has 12 heavy (non-hydrogen) atoms. The minimum atomic E-state index is 0.595. The number of aromatic nitrogens is 2. The zero-order valence-corrected chi connectivity index (χ0v) is 7.57. The number of hydrogen-bond donors (Lipinski definition) is 1. The molecule has 4 nitrogen and oxygen atoms in total. The Balaban J connectivity index is 3.13. The van der Waals surface area contributed by atoms with Crippen molar-refractivity contribution in [3.63, 3.8) is 0 Å². The van der Waals surface area contributed by atoms with Gasteiger partial charge in [0.1, 0.15) is 5.71 Å². The Morgan fingerprint density at radius 1 is 1.75 bits per heavy atom. The molecule has 1 aromatic rings. The van der Waals surface area contributed by atoms with E-state index in [0.717, 1.165) is 17.9 Å². The van der Waals surface area contributed by atoms with Gasteiger partial charge in [-0.25, -0.2) is 0 Å². The summed E-state index contributed by atoms with van der Waals surface area (Å²) in [6.07, 6.45) is 0. The molecule has 0 aliphatic heterocycles. The smallest absolute Gasteiger partial charge is 0.102 e. The van der Waals surface area contributed by atoms with E-state index in [1.54, 1.807) is 6.92 Å². The van der Waals surface area contributed by atoms with Crippen LogP contribution in [0.1, 0.15) is 25.2 Å². The molecule has 0 aliphatic rings. The largest absolute Gasteiger partial charge is 0.411 e. The van der Waals surface area contributed by atoms with Crippen molar-refractivity contribution in [2.24, 2.45) is 5.16 Å². The first kappa shape index (κ1) is 8.77. The van der Waals surface area contributed by atoms with E-state index < -0.39 is 0 Å². The van der Waals surface area contributed by atoms with E-state index in [2.05, 4.69) is 10.3 Å². The van der Waals surface area contributed by atoms with Gasteiger partial charge in [0.05, 0.1) is 11.4 Å². The van der Waals surface area contributed by atoms with Gasteiger partial charge in [0.2, 0.25) is 0 Å². The molecule has 0 saturated heterocycles. The Kier molecular flexibility index (Phi) is 2.47. The molecule has 0 aliphatic carbocycles. The molecule has 0 atom stereocenters. The lowest BCUT2D eigenvalue weighted by molar-refractivity contribution is 0.318. The van der Waals surface area contributed by atoms with Crippen LogP contribution in [0.3, 0.4) is 0 Å². The van der Waals surface area contributed by atoms with Gasteiger partial charge in [0, 0.05) is 6.54 Å². The van der Waals surface area contributed by atoms with Crippen LogP contribution in [-0.2, 0) is 6.54 Å². The SMILES string of the molecule is CCn1nc(C)cc1/C(C)=N\O. The number of nitrogens with zero attached hydrogens (tertiary/aromatic N) is 3. The molecule has 0 saturated carbocycles. The van der Waals surface area contributed by atoms with Crippen LogP contribution in [0.15, 0.2) is 11.2 Å². The zero-order valence-electron chi connectivity index (χ0n) is 7.57. The predicted molar refractivity (Wildman–Crippen MR) is 46.6 cm³/mol. The van der Waals surface area contributed by atoms with E-state index >= 15 is 0 Å². The average Bonchev–Trinajstić information content (AvgIpc) is 2.45. The van der Waals surface area contributed by atoms with E-state index in [4.69, 9.17) is 5.21 Å². The van der Waals surface area contributed by atoms with Gasteiger partial charge in [-0.3, -0.25) is 4.68 Å². The third-order valence-electron chi connectivity index (χ3n) is 1.72. The molecule has 0 amide bonds. The summed E-state index contributed by atoms with van der Waals surface area (Å²) in [6.45, 7) is 6.46. The van der Waals surface area contributed by atoms with Crippen molar-refractivity contribution in [1.29, 1.82) is 0 Å². The van der Waals surface area contributed by atoms with Crippen molar-refractivity contribution < 1.29 is 5.21 Å². The van der Waals surface area contributed by atoms with Crippen molar-refractivity contribution in [2.75, 3.05) is 0 Å². The molecule has 1 aromatic heterocycles. The van der Waals surface area contributed by atoms with Crippen LogP contribution in [0.4, 0.5) is 0 Å². The van der Waals surface area contributed by atoms with Crippen molar-refractivity contribution in [1.82, 2.24) is 9.78 Å². The van der Waals surface area contributed by atoms with E-state index in [1.807, 2.05) is 24.6 Å². The van der Waals surface area contributed by atoms with Crippen LogP contribution in [0, 0.1) is 6.92 Å². The van der Waals surface area contributed by atoms with Gasteiger partial charge in [0.15, 0.2) is 0 Å².